The molecule has 1 aliphatic rings. The number of hydrogen-bond donors (Lipinski definition) is 2. The van der Waals surface area contributed by atoms with E-state index in [1.54, 1.807) is 0 Å². The third kappa shape index (κ3) is 7.99. The van der Waals surface area contributed by atoms with Crippen molar-refractivity contribution in [2.24, 2.45) is 11.7 Å². The molecule has 2 rings (SSSR count). The van der Waals surface area contributed by atoms with Gasteiger partial charge in [0.25, 0.3) is 0 Å². The average molecular weight is 376 g/mol. The van der Waals surface area contributed by atoms with Crippen LogP contribution in [0.15, 0.2) is 30.3 Å². The number of carbonyl (C=O) groups is 2. The van der Waals surface area contributed by atoms with Gasteiger partial charge in [0.15, 0.2) is 0 Å². The summed E-state index contributed by atoms with van der Waals surface area (Å²) in [7, 11) is 0. The zero-order chi connectivity index (χ0) is 19.9. The normalized spacial score (nSPS) is 21.2. The van der Waals surface area contributed by atoms with Crippen molar-refractivity contribution in [3.63, 3.8) is 0 Å². The Balaban J connectivity index is 1.67. The molecule has 1 atom stereocenters. The Bertz CT molecular complexity index is 604. The van der Waals surface area contributed by atoms with Crippen molar-refractivity contribution in [1.82, 2.24) is 5.32 Å². The first-order valence-electron chi connectivity index (χ1n) is 9.67. The average Bonchev–Trinajstić information content (AvgIpc) is 2.60. The van der Waals surface area contributed by atoms with Crippen molar-refractivity contribution in [3.8, 4) is 0 Å². The lowest BCUT2D eigenvalue weighted by atomic mass is 9.82. The first kappa shape index (κ1) is 21.2. The van der Waals surface area contributed by atoms with Crippen molar-refractivity contribution in [2.75, 3.05) is 0 Å². The topological polar surface area (TPSA) is 90.6 Å². The second-order valence-electron chi connectivity index (χ2n) is 8.33. The van der Waals surface area contributed by atoms with E-state index in [0.29, 0.717) is 0 Å². The molecule has 0 aliphatic heterocycles. The van der Waals surface area contributed by atoms with Gasteiger partial charge in [0.2, 0.25) is 0 Å². The van der Waals surface area contributed by atoms with Gasteiger partial charge >= 0.3 is 12.1 Å². The van der Waals surface area contributed by atoms with Crippen LogP contribution in [0.2, 0.25) is 0 Å². The van der Waals surface area contributed by atoms with Gasteiger partial charge < -0.3 is 20.5 Å². The maximum absolute atomic E-state index is 12.0. The second kappa shape index (κ2) is 9.74. The third-order valence-electron chi connectivity index (χ3n) is 4.72. The molecule has 0 aromatic heterocycles. The van der Waals surface area contributed by atoms with Crippen molar-refractivity contribution < 1.29 is 19.1 Å². The SMILES string of the molecule is CC(C)(C)NC(=O)OC1CCC(C(N)CC(=O)OCc2ccccc2)CC1. The zero-order valence-electron chi connectivity index (χ0n) is 16.6. The fourth-order valence-electron chi connectivity index (χ4n) is 3.28. The molecule has 1 aromatic carbocycles. The van der Waals surface area contributed by atoms with Crippen LogP contribution in [0.25, 0.3) is 0 Å². The maximum Gasteiger partial charge on any atom is 0.407 e. The van der Waals surface area contributed by atoms with Gasteiger partial charge in [-0.25, -0.2) is 4.79 Å². The minimum Gasteiger partial charge on any atom is -0.461 e. The van der Waals surface area contributed by atoms with Gasteiger partial charge in [0, 0.05) is 11.6 Å². The predicted octanol–water partition coefficient (Wildman–Crippen LogP) is 3.53. The van der Waals surface area contributed by atoms with Crippen LogP contribution in [0.5, 0.6) is 0 Å². The standard InChI is InChI=1S/C21H32N2O4/c1-21(2,3)23-20(25)27-17-11-9-16(10-12-17)18(22)13-19(24)26-14-15-7-5-4-6-8-15/h4-8,16-18H,9-14,22H2,1-3H3,(H,23,25). The molecule has 1 aromatic rings. The van der Waals surface area contributed by atoms with Crippen molar-refractivity contribution in [1.29, 1.82) is 0 Å². The molecule has 27 heavy (non-hydrogen) atoms. The first-order chi connectivity index (χ1) is 12.7. The number of hydrogen-bond acceptors (Lipinski definition) is 5. The number of rotatable bonds is 6. The molecule has 0 bridgehead atoms. The summed E-state index contributed by atoms with van der Waals surface area (Å²) >= 11 is 0. The van der Waals surface area contributed by atoms with E-state index >= 15 is 0 Å². The number of nitrogens with two attached hydrogens (primary N) is 1. The molecule has 1 unspecified atom stereocenters. The molecule has 0 heterocycles. The number of alkyl carbamates (subject to hydrolysis) is 1. The molecule has 1 aliphatic carbocycles. The molecule has 3 N–H and O–H groups in total. The summed E-state index contributed by atoms with van der Waals surface area (Å²) in [5.41, 5.74) is 6.88. The van der Waals surface area contributed by atoms with Crippen LogP contribution in [0, 0.1) is 5.92 Å². The molecule has 0 spiro atoms. The van der Waals surface area contributed by atoms with E-state index in [9.17, 15) is 9.59 Å². The Labute approximate surface area is 161 Å². The Hall–Kier alpha value is -2.08. The molecule has 1 fully saturated rings. The maximum atomic E-state index is 12.0. The molecule has 0 radical (unpaired) electrons. The third-order valence-corrected chi connectivity index (χ3v) is 4.72. The smallest absolute Gasteiger partial charge is 0.407 e. The van der Waals surface area contributed by atoms with Gasteiger partial charge in [-0.3, -0.25) is 4.79 Å². The molecule has 150 valence electrons. The summed E-state index contributed by atoms with van der Waals surface area (Å²) < 4.78 is 10.8. The summed E-state index contributed by atoms with van der Waals surface area (Å²) in [4.78, 5) is 23.9. The van der Waals surface area contributed by atoms with E-state index in [1.807, 2.05) is 51.1 Å². The second-order valence-corrected chi connectivity index (χ2v) is 8.33. The number of ether oxygens (including phenoxy) is 2. The van der Waals surface area contributed by atoms with Crippen LogP contribution < -0.4 is 11.1 Å². The molecular weight excluding hydrogens is 344 g/mol. The molecule has 6 nitrogen and oxygen atoms in total. The minimum absolute atomic E-state index is 0.0826. The summed E-state index contributed by atoms with van der Waals surface area (Å²) in [6.45, 7) is 6.03. The number of nitrogens with one attached hydrogen (secondary N) is 1. The van der Waals surface area contributed by atoms with E-state index in [1.165, 1.54) is 0 Å². The number of amides is 1. The van der Waals surface area contributed by atoms with Gasteiger partial charge in [-0.15, -0.1) is 0 Å². The Morgan fingerprint density at radius 3 is 2.37 bits per heavy atom. The Morgan fingerprint density at radius 1 is 1.15 bits per heavy atom. The lowest BCUT2D eigenvalue weighted by Gasteiger charge is -2.32. The molecule has 6 heteroatoms. The monoisotopic (exact) mass is 376 g/mol. The number of carbonyl (C=O) groups excluding carboxylic acids is 2. The first-order valence-corrected chi connectivity index (χ1v) is 9.67. The van der Waals surface area contributed by atoms with Gasteiger partial charge in [-0.05, 0) is 57.9 Å². The summed E-state index contributed by atoms with van der Waals surface area (Å²) in [5.74, 6) is -0.0194. The van der Waals surface area contributed by atoms with Crippen LogP contribution in [0.3, 0.4) is 0 Å². The highest BCUT2D eigenvalue weighted by atomic mass is 16.6. The van der Waals surface area contributed by atoms with Crippen LogP contribution in [-0.4, -0.2) is 29.7 Å². The van der Waals surface area contributed by atoms with Gasteiger partial charge in [0.1, 0.15) is 12.7 Å². The van der Waals surface area contributed by atoms with Crippen LogP contribution in [0.1, 0.15) is 58.4 Å². The van der Waals surface area contributed by atoms with Crippen LogP contribution in [0.4, 0.5) is 4.79 Å². The predicted molar refractivity (Wildman–Crippen MR) is 104 cm³/mol. The summed E-state index contributed by atoms with van der Waals surface area (Å²) in [5, 5.41) is 2.81. The van der Waals surface area contributed by atoms with E-state index in [0.717, 1.165) is 31.2 Å². The van der Waals surface area contributed by atoms with Crippen molar-refractivity contribution >= 4 is 12.1 Å². The fourth-order valence-corrected chi connectivity index (χ4v) is 3.28. The molecule has 1 amide bonds. The van der Waals surface area contributed by atoms with E-state index in [2.05, 4.69) is 5.32 Å². The molecule has 1 saturated carbocycles. The highest BCUT2D eigenvalue weighted by molar-refractivity contribution is 5.70. The largest absolute Gasteiger partial charge is 0.461 e. The van der Waals surface area contributed by atoms with Gasteiger partial charge in [-0.1, -0.05) is 30.3 Å². The number of benzene rings is 1. The summed E-state index contributed by atoms with van der Waals surface area (Å²) in [6, 6.07) is 9.37. The van der Waals surface area contributed by atoms with Crippen LogP contribution in [-0.2, 0) is 20.9 Å². The van der Waals surface area contributed by atoms with Crippen molar-refractivity contribution in [2.45, 2.75) is 77.2 Å². The van der Waals surface area contributed by atoms with E-state index < -0.39 is 0 Å². The molecular formula is C21H32N2O4. The van der Waals surface area contributed by atoms with Crippen LogP contribution >= 0.6 is 0 Å². The Kier molecular flexibility index (Phi) is 7.66. The highest BCUT2D eigenvalue weighted by Crippen LogP contribution is 2.29. The lowest BCUT2D eigenvalue weighted by Crippen LogP contribution is -2.43. The van der Waals surface area contributed by atoms with E-state index in [-0.39, 0.29) is 48.7 Å². The minimum atomic E-state index is -0.375. The van der Waals surface area contributed by atoms with Gasteiger partial charge in [0.05, 0.1) is 6.42 Å². The lowest BCUT2D eigenvalue weighted by molar-refractivity contribution is -0.145. The summed E-state index contributed by atoms with van der Waals surface area (Å²) in [6.07, 6.45) is 3.00. The zero-order valence-corrected chi connectivity index (χ0v) is 16.6. The highest BCUT2D eigenvalue weighted by Gasteiger charge is 2.29. The van der Waals surface area contributed by atoms with Gasteiger partial charge in [-0.2, -0.15) is 0 Å². The molecule has 0 saturated heterocycles. The quantitative estimate of drug-likeness (QED) is 0.741. The number of esters is 1. The van der Waals surface area contributed by atoms with Crippen molar-refractivity contribution in [3.05, 3.63) is 35.9 Å². The van der Waals surface area contributed by atoms with E-state index in [4.69, 9.17) is 15.2 Å². The Morgan fingerprint density at radius 2 is 1.78 bits per heavy atom. The fraction of sp³-hybridized carbons (Fsp3) is 0.619.